The average molecular weight is 265 g/mol. The van der Waals surface area contributed by atoms with Crippen LogP contribution in [0.4, 0.5) is 5.69 Å². The molecule has 1 aliphatic heterocycles. The van der Waals surface area contributed by atoms with Crippen LogP contribution in [0.1, 0.15) is 6.42 Å². The molecule has 18 heavy (non-hydrogen) atoms. The van der Waals surface area contributed by atoms with Crippen molar-refractivity contribution in [2.45, 2.75) is 11.3 Å². The third kappa shape index (κ3) is 2.51. The van der Waals surface area contributed by atoms with Crippen molar-refractivity contribution in [3.05, 3.63) is 24.3 Å². The van der Waals surface area contributed by atoms with E-state index >= 15 is 0 Å². The van der Waals surface area contributed by atoms with Crippen molar-refractivity contribution in [1.29, 1.82) is 0 Å². The number of esters is 1. The normalized spacial score (nSPS) is 19.1. The Labute approximate surface area is 110 Å². The molecule has 1 aromatic rings. The van der Waals surface area contributed by atoms with Crippen LogP contribution in [-0.2, 0) is 14.3 Å². The molecule has 1 aliphatic rings. The largest absolute Gasteiger partial charge is 0.469 e. The van der Waals surface area contributed by atoms with Gasteiger partial charge in [0.05, 0.1) is 13.0 Å². The molecule has 2 rings (SSSR count). The van der Waals surface area contributed by atoms with Crippen LogP contribution < -0.4 is 4.90 Å². The number of ether oxygens (including phenoxy) is 1. The highest BCUT2D eigenvalue weighted by Gasteiger charge is 2.35. The summed E-state index contributed by atoms with van der Waals surface area (Å²) in [6.45, 7) is 0.406. The fourth-order valence-electron chi connectivity index (χ4n) is 2.06. The Morgan fingerprint density at radius 1 is 1.50 bits per heavy atom. The predicted octanol–water partition coefficient (Wildman–Crippen LogP) is 1.93. The van der Waals surface area contributed by atoms with Gasteiger partial charge in [-0.3, -0.25) is 9.59 Å². The van der Waals surface area contributed by atoms with Crippen LogP contribution in [0.25, 0.3) is 0 Å². The highest BCUT2D eigenvalue weighted by molar-refractivity contribution is 7.98. The first kappa shape index (κ1) is 13.0. The number of benzene rings is 1. The van der Waals surface area contributed by atoms with Crippen molar-refractivity contribution in [3.63, 3.8) is 0 Å². The molecule has 1 heterocycles. The van der Waals surface area contributed by atoms with Gasteiger partial charge in [-0.05, 0) is 24.5 Å². The fraction of sp³-hybridized carbons (Fsp3) is 0.385. The quantitative estimate of drug-likeness (QED) is 0.619. The first-order valence-electron chi connectivity index (χ1n) is 5.68. The van der Waals surface area contributed by atoms with Crippen LogP contribution in [0.15, 0.2) is 29.2 Å². The zero-order valence-electron chi connectivity index (χ0n) is 10.4. The number of amides is 1. The standard InChI is InChI=1S/C13H15NO3S/c1-17-13(16)9-6-12(15)14(8-9)10-4-3-5-11(7-10)18-2/h3-5,7,9H,6,8H2,1-2H3. The van der Waals surface area contributed by atoms with E-state index in [-0.39, 0.29) is 24.2 Å². The molecule has 0 N–H and O–H groups in total. The summed E-state index contributed by atoms with van der Waals surface area (Å²) in [7, 11) is 1.35. The Morgan fingerprint density at radius 3 is 2.94 bits per heavy atom. The first-order chi connectivity index (χ1) is 8.65. The maximum atomic E-state index is 11.9. The van der Waals surface area contributed by atoms with Crippen molar-refractivity contribution in [3.8, 4) is 0 Å². The van der Waals surface area contributed by atoms with Gasteiger partial charge in [0, 0.05) is 23.5 Å². The molecule has 5 heteroatoms. The molecule has 0 aromatic heterocycles. The Morgan fingerprint density at radius 2 is 2.28 bits per heavy atom. The maximum Gasteiger partial charge on any atom is 0.311 e. The second kappa shape index (κ2) is 5.44. The monoisotopic (exact) mass is 265 g/mol. The number of anilines is 1. The van der Waals surface area contributed by atoms with Crippen molar-refractivity contribution in [1.82, 2.24) is 0 Å². The second-order valence-corrected chi connectivity index (χ2v) is 5.01. The van der Waals surface area contributed by atoms with Crippen molar-refractivity contribution in [2.24, 2.45) is 5.92 Å². The molecular formula is C13H15NO3S. The van der Waals surface area contributed by atoms with Gasteiger partial charge in [-0.1, -0.05) is 6.07 Å². The van der Waals surface area contributed by atoms with Crippen LogP contribution in [0.3, 0.4) is 0 Å². The molecule has 0 aliphatic carbocycles. The van der Waals surface area contributed by atoms with E-state index in [0.717, 1.165) is 10.6 Å². The molecule has 1 aromatic carbocycles. The number of carbonyl (C=O) groups excluding carboxylic acids is 2. The predicted molar refractivity (Wildman–Crippen MR) is 70.7 cm³/mol. The highest BCUT2D eigenvalue weighted by Crippen LogP contribution is 2.28. The first-order valence-corrected chi connectivity index (χ1v) is 6.90. The van der Waals surface area contributed by atoms with E-state index in [9.17, 15) is 9.59 Å². The van der Waals surface area contributed by atoms with E-state index in [2.05, 4.69) is 4.74 Å². The third-order valence-corrected chi connectivity index (χ3v) is 3.75. The summed E-state index contributed by atoms with van der Waals surface area (Å²) in [5, 5.41) is 0. The Balaban J connectivity index is 2.18. The lowest BCUT2D eigenvalue weighted by atomic mass is 10.1. The molecule has 0 radical (unpaired) electrons. The van der Waals surface area contributed by atoms with E-state index in [1.54, 1.807) is 16.7 Å². The molecule has 1 unspecified atom stereocenters. The van der Waals surface area contributed by atoms with E-state index in [0.29, 0.717) is 6.54 Å². The molecule has 1 saturated heterocycles. The summed E-state index contributed by atoms with van der Waals surface area (Å²) in [6.07, 6.45) is 2.22. The smallest absolute Gasteiger partial charge is 0.311 e. The molecular weight excluding hydrogens is 250 g/mol. The van der Waals surface area contributed by atoms with E-state index in [1.807, 2.05) is 30.5 Å². The average Bonchev–Trinajstić information content (AvgIpc) is 2.80. The van der Waals surface area contributed by atoms with Gasteiger partial charge in [-0.2, -0.15) is 0 Å². The second-order valence-electron chi connectivity index (χ2n) is 4.13. The summed E-state index contributed by atoms with van der Waals surface area (Å²) < 4.78 is 4.69. The van der Waals surface area contributed by atoms with Gasteiger partial charge in [-0.15, -0.1) is 11.8 Å². The van der Waals surface area contributed by atoms with Crippen LogP contribution in [0, 0.1) is 5.92 Å². The van der Waals surface area contributed by atoms with E-state index in [4.69, 9.17) is 0 Å². The minimum absolute atomic E-state index is 0.0244. The molecule has 0 bridgehead atoms. The lowest BCUT2D eigenvalue weighted by Gasteiger charge is -2.17. The van der Waals surface area contributed by atoms with Crippen LogP contribution in [-0.4, -0.2) is 31.8 Å². The Bertz CT molecular complexity index is 475. The van der Waals surface area contributed by atoms with Gasteiger partial charge in [0.25, 0.3) is 0 Å². The molecule has 0 saturated carbocycles. The van der Waals surface area contributed by atoms with Crippen molar-refractivity contribution in [2.75, 3.05) is 24.8 Å². The van der Waals surface area contributed by atoms with Crippen molar-refractivity contribution >= 4 is 29.3 Å². The lowest BCUT2D eigenvalue weighted by Crippen LogP contribution is -2.26. The fourth-order valence-corrected chi connectivity index (χ4v) is 2.51. The number of hydrogen-bond acceptors (Lipinski definition) is 4. The van der Waals surface area contributed by atoms with E-state index in [1.165, 1.54) is 7.11 Å². The number of hydrogen-bond donors (Lipinski definition) is 0. The summed E-state index contributed by atoms with van der Waals surface area (Å²) in [4.78, 5) is 26.1. The van der Waals surface area contributed by atoms with Gasteiger partial charge in [0.1, 0.15) is 0 Å². The van der Waals surface area contributed by atoms with Gasteiger partial charge in [0.2, 0.25) is 5.91 Å². The number of rotatable bonds is 3. The number of nitrogens with zero attached hydrogens (tertiary/aromatic N) is 1. The van der Waals surface area contributed by atoms with Crippen LogP contribution in [0.5, 0.6) is 0 Å². The Hall–Kier alpha value is -1.49. The van der Waals surface area contributed by atoms with Gasteiger partial charge in [-0.25, -0.2) is 0 Å². The molecule has 0 spiro atoms. The van der Waals surface area contributed by atoms with Gasteiger partial charge in [0.15, 0.2) is 0 Å². The zero-order chi connectivity index (χ0) is 13.1. The van der Waals surface area contributed by atoms with Gasteiger partial charge >= 0.3 is 5.97 Å². The lowest BCUT2D eigenvalue weighted by molar-refractivity contribution is -0.145. The van der Waals surface area contributed by atoms with Gasteiger partial charge < -0.3 is 9.64 Å². The minimum Gasteiger partial charge on any atom is -0.469 e. The SMILES string of the molecule is COC(=O)C1CC(=O)N(c2cccc(SC)c2)C1. The van der Waals surface area contributed by atoms with E-state index < -0.39 is 0 Å². The summed E-state index contributed by atoms with van der Waals surface area (Å²) >= 11 is 1.62. The maximum absolute atomic E-state index is 11.9. The molecule has 1 atom stereocenters. The molecule has 4 nitrogen and oxygen atoms in total. The number of thioether (sulfide) groups is 1. The number of carbonyl (C=O) groups is 2. The number of methoxy groups -OCH3 is 1. The molecule has 1 amide bonds. The zero-order valence-corrected chi connectivity index (χ0v) is 11.2. The summed E-state index contributed by atoms with van der Waals surface area (Å²) in [5.74, 6) is -0.684. The molecule has 1 fully saturated rings. The van der Waals surface area contributed by atoms with Crippen LogP contribution >= 0.6 is 11.8 Å². The molecule has 96 valence electrons. The topological polar surface area (TPSA) is 46.6 Å². The summed E-state index contributed by atoms with van der Waals surface area (Å²) in [6, 6.07) is 7.76. The Kier molecular flexibility index (Phi) is 3.91. The van der Waals surface area contributed by atoms with Crippen LogP contribution in [0.2, 0.25) is 0 Å². The minimum atomic E-state index is -0.347. The summed E-state index contributed by atoms with van der Waals surface area (Å²) in [5.41, 5.74) is 0.846. The highest BCUT2D eigenvalue weighted by atomic mass is 32.2. The third-order valence-electron chi connectivity index (χ3n) is 3.02. The van der Waals surface area contributed by atoms with Crippen molar-refractivity contribution < 1.29 is 14.3 Å².